The molecular formula is C31H47N7O11S. The topological polar surface area (TPSA) is 225 Å². The van der Waals surface area contributed by atoms with E-state index in [4.69, 9.17) is 23.8 Å². The Morgan fingerprint density at radius 3 is 2.14 bits per heavy atom. The number of thiazole rings is 1. The number of amides is 5. The van der Waals surface area contributed by atoms with Crippen LogP contribution >= 0.6 is 11.3 Å². The van der Waals surface area contributed by atoms with E-state index in [0.717, 1.165) is 11.3 Å². The van der Waals surface area contributed by atoms with Crippen molar-refractivity contribution in [2.24, 2.45) is 5.16 Å². The van der Waals surface area contributed by atoms with Crippen molar-refractivity contribution >= 4 is 58.2 Å². The highest BCUT2D eigenvalue weighted by Gasteiger charge is 2.45. The third kappa shape index (κ3) is 12.0. The number of hydrogen-bond donors (Lipinski definition) is 4. The Bertz CT molecular complexity index is 1500. The second kappa shape index (κ2) is 15.1. The molecular weight excluding hydrogens is 678 g/mol. The summed E-state index contributed by atoms with van der Waals surface area (Å²) in [6, 6.07) is -1.81. The van der Waals surface area contributed by atoms with Gasteiger partial charge in [-0.2, -0.15) is 0 Å². The Hall–Kier alpha value is -4.68. The lowest BCUT2D eigenvalue weighted by Crippen LogP contribution is -2.72. The van der Waals surface area contributed by atoms with Crippen LogP contribution in [0.3, 0.4) is 0 Å². The maximum Gasteiger partial charge on any atom is 0.413 e. The zero-order valence-electron chi connectivity index (χ0n) is 30.2. The SMILES string of the molecule is CC(C)(C)OC(=O)NC[C@@H]1CN(C[C@H]2NC(=O)[C@H]2NC(=O)/C(=N\OC(C)(C)C(=O)OC(C)(C)C)c2csc(NC(=O)OC(C)(C)C)n2)C(=O)O1. The number of cyclic esters (lactones) is 1. The molecule has 3 atom stereocenters. The first-order valence-electron chi connectivity index (χ1n) is 15.8. The molecule has 4 N–H and O–H groups in total. The Balaban J connectivity index is 1.74. The number of carbonyl (C=O) groups excluding carboxylic acids is 6. The molecule has 0 unspecified atom stereocenters. The lowest BCUT2D eigenvalue weighted by atomic mass is 9.98. The number of hydrogen-bond acceptors (Lipinski definition) is 14. The van der Waals surface area contributed by atoms with Gasteiger partial charge in [-0.3, -0.25) is 14.9 Å². The predicted octanol–water partition coefficient (Wildman–Crippen LogP) is 2.66. The van der Waals surface area contributed by atoms with Gasteiger partial charge in [-0.05, 0) is 76.2 Å². The van der Waals surface area contributed by atoms with E-state index in [1.54, 1.807) is 62.3 Å². The van der Waals surface area contributed by atoms with Crippen molar-refractivity contribution in [2.75, 3.05) is 25.0 Å². The van der Waals surface area contributed by atoms with Gasteiger partial charge >= 0.3 is 24.2 Å². The van der Waals surface area contributed by atoms with Gasteiger partial charge in [0, 0.05) is 11.9 Å². The van der Waals surface area contributed by atoms with Gasteiger partial charge in [0.25, 0.3) is 5.91 Å². The normalized spacial score (nSPS) is 19.8. The first kappa shape index (κ1) is 39.8. The smallest absolute Gasteiger partial charge is 0.413 e. The summed E-state index contributed by atoms with van der Waals surface area (Å²) in [5.41, 5.74) is -4.41. The van der Waals surface area contributed by atoms with Gasteiger partial charge in [0.15, 0.2) is 10.8 Å². The summed E-state index contributed by atoms with van der Waals surface area (Å²) in [5.74, 6) is -2.18. The molecule has 278 valence electrons. The van der Waals surface area contributed by atoms with Gasteiger partial charge in [-0.15, -0.1) is 11.3 Å². The van der Waals surface area contributed by atoms with Crippen molar-refractivity contribution in [3.63, 3.8) is 0 Å². The molecule has 2 aliphatic rings. The van der Waals surface area contributed by atoms with Crippen LogP contribution in [0.5, 0.6) is 0 Å². The molecule has 1 aromatic heterocycles. The van der Waals surface area contributed by atoms with E-state index in [1.807, 2.05) is 0 Å². The number of oxime groups is 1. The molecule has 2 aliphatic heterocycles. The van der Waals surface area contributed by atoms with Crippen LogP contribution in [0, 0.1) is 0 Å². The second-order valence-corrected chi connectivity index (χ2v) is 15.9. The van der Waals surface area contributed by atoms with Gasteiger partial charge in [0.1, 0.15) is 34.6 Å². The number of aromatic nitrogens is 1. The largest absolute Gasteiger partial charge is 0.457 e. The minimum Gasteiger partial charge on any atom is -0.457 e. The first-order chi connectivity index (χ1) is 22.8. The average Bonchev–Trinajstić information content (AvgIpc) is 3.53. The first-order valence-corrected chi connectivity index (χ1v) is 16.7. The Morgan fingerprint density at radius 1 is 0.960 bits per heavy atom. The summed E-state index contributed by atoms with van der Waals surface area (Å²) in [6.07, 6.45) is -2.78. The predicted molar refractivity (Wildman–Crippen MR) is 179 cm³/mol. The molecule has 0 aromatic carbocycles. The standard InChI is InChI=1S/C31H47N7O11S/c1-28(2,3)46-23(41)31(10,11)49-37-20(18-15-50-24(34-18)36-26(43)48-30(7,8)9)22(40)35-19-17(33-21(19)39)14-38-13-16(45-27(38)44)12-32-25(42)47-29(4,5)6/h15-17,19H,12-14H2,1-11H3,(H,32,42)(H,33,39)(H,35,40)(H,34,36,43)/b37-20-/t16-,17-,19+/m1/s1. The Morgan fingerprint density at radius 2 is 1.56 bits per heavy atom. The van der Waals surface area contributed by atoms with E-state index >= 15 is 0 Å². The van der Waals surface area contributed by atoms with Gasteiger partial charge < -0.3 is 44.6 Å². The van der Waals surface area contributed by atoms with Crippen molar-refractivity contribution in [3.05, 3.63) is 11.1 Å². The van der Waals surface area contributed by atoms with E-state index < -0.39 is 82.4 Å². The van der Waals surface area contributed by atoms with E-state index in [0.29, 0.717) is 0 Å². The van der Waals surface area contributed by atoms with Crippen LogP contribution in [0.25, 0.3) is 0 Å². The van der Waals surface area contributed by atoms with E-state index in [-0.39, 0.29) is 30.5 Å². The third-order valence-corrected chi connectivity index (χ3v) is 7.12. The monoisotopic (exact) mass is 725 g/mol. The number of nitrogens with one attached hydrogen (secondary N) is 4. The number of β-lactam (4-membered cyclic amide) rings is 1. The molecule has 0 bridgehead atoms. The van der Waals surface area contributed by atoms with Crippen LogP contribution in [-0.4, -0.2) is 112 Å². The average molecular weight is 726 g/mol. The maximum absolute atomic E-state index is 13.7. The molecule has 0 spiro atoms. The van der Waals surface area contributed by atoms with Gasteiger partial charge in [0.2, 0.25) is 11.5 Å². The molecule has 2 saturated heterocycles. The van der Waals surface area contributed by atoms with Gasteiger partial charge in [-0.25, -0.2) is 24.2 Å². The Labute approximate surface area is 294 Å². The highest BCUT2D eigenvalue weighted by Crippen LogP contribution is 2.22. The third-order valence-electron chi connectivity index (χ3n) is 6.36. The van der Waals surface area contributed by atoms with Crippen LogP contribution in [0.1, 0.15) is 81.9 Å². The number of carbonyl (C=O) groups is 6. The zero-order valence-corrected chi connectivity index (χ0v) is 31.0. The second-order valence-electron chi connectivity index (χ2n) is 15.1. The van der Waals surface area contributed by atoms with Crippen LogP contribution in [0.4, 0.5) is 19.5 Å². The summed E-state index contributed by atoms with van der Waals surface area (Å²) in [4.78, 5) is 87.0. The lowest BCUT2D eigenvalue weighted by Gasteiger charge is -2.38. The molecule has 0 saturated carbocycles. The van der Waals surface area contributed by atoms with Crippen molar-refractivity contribution in [3.8, 4) is 0 Å². The molecule has 50 heavy (non-hydrogen) atoms. The number of rotatable bonds is 11. The fraction of sp³-hybridized carbons (Fsp3) is 0.677. The minimum atomic E-state index is -1.65. The summed E-state index contributed by atoms with van der Waals surface area (Å²) in [6.45, 7) is 18.2. The number of anilines is 1. The van der Waals surface area contributed by atoms with Crippen molar-refractivity contribution < 1.29 is 52.6 Å². The molecule has 19 heteroatoms. The highest BCUT2D eigenvalue weighted by atomic mass is 32.1. The lowest BCUT2D eigenvalue weighted by molar-refractivity contribution is -0.179. The van der Waals surface area contributed by atoms with E-state index in [9.17, 15) is 28.8 Å². The Kier molecular flexibility index (Phi) is 12.0. The summed E-state index contributed by atoms with van der Waals surface area (Å²) >= 11 is 0.964. The number of nitrogens with zero attached hydrogens (tertiary/aromatic N) is 3. The van der Waals surface area contributed by atoms with E-state index in [2.05, 4.69) is 31.4 Å². The van der Waals surface area contributed by atoms with Crippen LogP contribution in [-0.2, 0) is 38.2 Å². The number of alkyl carbamates (subject to hydrolysis) is 1. The van der Waals surface area contributed by atoms with Crippen LogP contribution in [0.15, 0.2) is 10.5 Å². The van der Waals surface area contributed by atoms with Crippen LogP contribution in [0.2, 0.25) is 0 Å². The molecule has 0 radical (unpaired) electrons. The van der Waals surface area contributed by atoms with Crippen molar-refractivity contribution in [1.82, 2.24) is 25.8 Å². The molecule has 1 aromatic rings. The van der Waals surface area contributed by atoms with Gasteiger partial charge in [-0.1, -0.05) is 5.16 Å². The molecule has 5 amide bonds. The fourth-order valence-electron chi connectivity index (χ4n) is 4.18. The molecule has 0 aliphatic carbocycles. The highest BCUT2D eigenvalue weighted by molar-refractivity contribution is 7.14. The molecule has 3 heterocycles. The molecule has 18 nitrogen and oxygen atoms in total. The summed E-state index contributed by atoms with van der Waals surface area (Å²) < 4.78 is 21.2. The van der Waals surface area contributed by atoms with Crippen molar-refractivity contribution in [2.45, 2.75) is 117 Å². The fourth-order valence-corrected chi connectivity index (χ4v) is 4.86. The summed E-state index contributed by atoms with van der Waals surface area (Å²) in [7, 11) is 0. The molecule has 2 fully saturated rings. The quantitative estimate of drug-likeness (QED) is 0.0850. The summed E-state index contributed by atoms with van der Waals surface area (Å²) in [5, 5.41) is 15.7. The van der Waals surface area contributed by atoms with Crippen molar-refractivity contribution in [1.29, 1.82) is 0 Å². The maximum atomic E-state index is 13.7. The molecule has 3 rings (SSSR count). The van der Waals surface area contributed by atoms with Gasteiger partial charge in [0.05, 0.1) is 19.1 Å². The number of esters is 1. The zero-order chi connectivity index (χ0) is 37.8. The minimum absolute atomic E-state index is 0.00618. The number of ether oxygens (including phenoxy) is 4. The van der Waals surface area contributed by atoms with E-state index in [1.165, 1.54) is 24.1 Å². The van der Waals surface area contributed by atoms with Crippen LogP contribution < -0.4 is 21.3 Å².